The van der Waals surface area contributed by atoms with Crippen molar-refractivity contribution in [3.05, 3.63) is 21.7 Å². The van der Waals surface area contributed by atoms with E-state index < -0.39 is 0 Å². The molecule has 0 unspecified atom stereocenters. The van der Waals surface area contributed by atoms with Crippen LogP contribution in [0.15, 0.2) is 6.07 Å². The molecule has 1 amide bonds. The summed E-state index contributed by atoms with van der Waals surface area (Å²) in [6, 6.07) is 1.59. The Labute approximate surface area is 127 Å². The minimum atomic E-state index is -0.0896. The number of unbranched alkanes of at least 4 members (excludes halogenated alkanes) is 1. The molecule has 1 rings (SSSR count). The summed E-state index contributed by atoms with van der Waals surface area (Å²) in [5.41, 5.74) is 0.464. The highest BCUT2D eigenvalue weighted by Crippen LogP contribution is 2.42. The molecule has 0 atom stereocenters. The average molecular weight is 322 g/mol. The van der Waals surface area contributed by atoms with Crippen LogP contribution in [0.5, 0.6) is 11.5 Å². The van der Waals surface area contributed by atoms with Gasteiger partial charge in [0, 0.05) is 0 Å². The second-order valence-electron chi connectivity index (χ2n) is 4.10. The Hall–Kier alpha value is -1.17. The summed E-state index contributed by atoms with van der Waals surface area (Å²) < 4.78 is 10.8. The fourth-order valence-corrected chi connectivity index (χ4v) is 2.04. The molecule has 20 heavy (non-hydrogen) atoms. The van der Waals surface area contributed by atoms with Gasteiger partial charge in [0.2, 0.25) is 6.41 Å². The first-order valence-electron chi connectivity index (χ1n) is 6.13. The smallest absolute Gasteiger partial charge is 0.233 e. The molecule has 1 N–H and O–H groups in total. The third-order valence-corrected chi connectivity index (χ3v) is 3.51. The summed E-state index contributed by atoms with van der Waals surface area (Å²) in [5.74, 6) is 0.775. The number of carbonyl (C=O) groups excluding carboxylic acids is 1. The monoisotopic (exact) mass is 321 g/mol. The molecule has 0 aliphatic carbocycles. The van der Waals surface area contributed by atoms with Gasteiger partial charge in [0.1, 0.15) is 5.02 Å². The van der Waals surface area contributed by atoms with E-state index in [1.807, 2.05) is 6.92 Å². The van der Waals surface area contributed by atoms with Gasteiger partial charge in [-0.1, -0.05) is 36.5 Å². The fourth-order valence-electron chi connectivity index (χ4n) is 1.57. The maximum Gasteiger partial charge on any atom is 0.233 e. The lowest BCUT2D eigenvalue weighted by Gasteiger charge is -2.17. The molecule has 0 bridgehead atoms. The molecule has 1 aromatic rings. The number of carbonyl (C=O) groups is 1. The van der Waals surface area contributed by atoms with Crippen molar-refractivity contribution in [2.75, 3.05) is 13.7 Å². The van der Waals surface area contributed by atoms with E-state index in [0.717, 1.165) is 12.8 Å². The van der Waals surface area contributed by atoms with E-state index in [2.05, 4.69) is 0 Å². The van der Waals surface area contributed by atoms with Crippen LogP contribution in [0.4, 0.5) is 0 Å². The lowest BCUT2D eigenvalue weighted by molar-refractivity contribution is -0.152. The molecule has 0 aliphatic rings. The van der Waals surface area contributed by atoms with Gasteiger partial charge in [-0.05, 0) is 18.1 Å². The Kier molecular flexibility index (Phi) is 6.91. The quantitative estimate of drug-likeness (QED) is 0.344. The molecule has 0 aromatic heterocycles. The van der Waals surface area contributed by atoms with Gasteiger partial charge in [0.25, 0.3) is 0 Å². The van der Waals surface area contributed by atoms with Gasteiger partial charge in [-0.2, -0.15) is 0 Å². The fraction of sp³-hybridized carbons (Fsp3) is 0.462. The molecule has 0 radical (unpaired) electrons. The number of halogens is 2. The Morgan fingerprint density at radius 2 is 2.10 bits per heavy atom. The Balaban J connectivity index is 3.08. The Morgan fingerprint density at radius 3 is 2.65 bits per heavy atom. The predicted octanol–water partition coefficient (Wildman–Crippen LogP) is 3.53. The highest BCUT2D eigenvalue weighted by atomic mass is 35.5. The minimum absolute atomic E-state index is 0.0896. The summed E-state index contributed by atoms with van der Waals surface area (Å²) in [4.78, 5) is 10.4. The second kappa shape index (κ2) is 8.19. The topological polar surface area (TPSA) is 59.0 Å². The van der Waals surface area contributed by atoms with Gasteiger partial charge >= 0.3 is 0 Å². The average Bonchev–Trinajstić information content (AvgIpc) is 2.45. The predicted molar refractivity (Wildman–Crippen MR) is 76.8 cm³/mol. The van der Waals surface area contributed by atoms with E-state index in [-0.39, 0.29) is 23.0 Å². The van der Waals surface area contributed by atoms with E-state index in [1.54, 1.807) is 6.07 Å². The SMILES string of the molecule is CCCCOc1c(OC)cc(CN(O)C=O)c(Cl)c1Cl. The zero-order valence-corrected chi connectivity index (χ0v) is 12.9. The molecule has 1 aromatic carbocycles. The van der Waals surface area contributed by atoms with E-state index in [4.69, 9.17) is 32.7 Å². The van der Waals surface area contributed by atoms with Gasteiger partial charge in [-0.3, -0.25) is 10.0 Å². The van der Waals surface area contributed by atoms with Crippen molar-refractivity contribution >= 4 is 29.6 Å². The molecule has 7 heteroatoms. The van der Waals surface area contributed by atoms with Crippen LogP contribution in [0.3, 0.4) is 0 Å². The third-order valence-electron chi connectivity index (χ3n) is 2.62. The molecule has 0 spiro atoms. The van der Waals surface area contributed by atoms with Crippen LogP contribution in [0.2, 0.25) is 10.0 Å². The molecule has 0 aliphatic heterocycles. The van der Waals surface area contributed by atoms with Crippen molar-refractivity contribution in [1.82, 2.24) is 5.06 Å². The number of hydroxylamine groups is 2. The summed E-state index contributed by atoms with van der Waals surface area (Å²) in [6.45, 7) is 2.46. The highest BCUT2D eigenvalue weighted by molar-refractivity contribution is 6.43. The first kappa shape index (κ1) is 16.9. The molecule has 0 fully saturated rings. The van der Waals surface area contributed by atoms with Gasteiger partial charge in [-0.15, -0.1) is 0 Å². The highest BCUT2D eigenvalue weighted by Gasteiger charge is 2.18. The maximum absolute atomic E-state index is 10.4. The van der Waals surface area contributed by atoms with E-state index in [0.29, 0.717) is 28.7 Å². The number of ether oxygens (including phenoxy) is 2. The summed E-state index contributed by atoms with van der Waals surface area (Å²) in [6.07, 6.45) is 2.15. The number of nitrogens with zero attached hydrogens (tertiary/aromatic N) is 1. The first-order chi connectivity index (χ1) is 9.54. The number of benzene rings is 1. The van der Waals surface area contributed by atoms with Crippen molar-refractivity contribution < 1.29 is 19.5 Å². The lowest BCUT2D eigenvalue weighted by atomic mass is 10.2. The van der Waals surface area contributed by atoms with Crippen molar-refractivity contribution in [2.45, 2.75) is 26.3 Å². The van der Waals surface area contributed by atoms with E-state index >= 15 is 0 Å². The van der Waals surface area contributed by atoms with Crippen LogP contribution in [-0.2, 0) is 11.3 Å². The summed E-state index contributed by atoms with van der Waals surface area (Å²) in [7, 11) is 1.48. The summed E-state index contributed by atoms with van der Waals surface area (Å²) in [5, 5.41) is 10.1. The van der Waals surface area contributed by atoms with Gasteiger partial charge < -0.3 is 9.47 Å². The Bertz CT molecular complexity index is 468. The number of hydrogen-bond acceptors (Lipinski definition) is 4. The number of hydrogen-bond donors (Lipinski definition) is 1. The van der Waals surface area contributed by atoms with Crippen LogP contribution in [-0.4, -0.2) is 30.4 Å². The zero-order valence-electron chi connectivity index (χ0n) is 11.4. The van der Waals surface area contributed by atoms with Crippen molar-refractivity contribution in [1.29, 1.82) is 0 Å². The zero-order chi connectivity index (χ0) is 15.1. The molecule has 112 valence electrons. The third kappa shape index (κ3) is 4.16. The number of rotatable bonds is 8. The molecule has 5 nitrogen and oxygen atoms in total. The van der Waals surface area contributed by atoms with Crippen LogP contribution in [0, 0.1) is 0 Å². The van der Waals surface area contributed by atoms with Gasteiger partial charge in [0.05, 0.1) is 25.3 Å². The molecular formula is C13H17Cl2NO4. The van der Waals surface area contributed by atoms with Crippen molar-refractivity contribution in [3.63, 3.8) is 0 Å². The largest absolute Gasteiger partial charge is 0.493 e. The maximum atomic E-state index is 10.4. The van der Waals surface area contributed by atoms with E-state index in [9.17, 15) is 10.0 Å². The molecule has 0 heterocycles. The van der Waals surface area contributed by atoms with Gasteiger partial charge in [0.15, 0.2) is 11.5 Å². The van der Waals surface area contributed by atoms with Crippen molar-refractivity contribution in [3.8, 4) is 11.5 Å². The van der Waals surface area contributed by atoms with Crippen molar-refractivity contribution in [2.24, 2.45) is 0 Å². The first-order valence-corrected chi connectivity index (χ1v) is 6.89. The van der Waals surface area contributed by atoms with Crippen LogP contribution in [0.1, 0.15) is 25.3 Å². The standard InChI is InChI=1S/C13H17Cl2NO4/c1-3-4-5-20-13-10(19-2)6-9(7-16(18)8-17)11(14)12(13)15/h6,8,18H,3-5,7H2,1-2H3. The lowest BCUT2D eigenvalue weighted by Crippen LogP contribution is -2.16. The van der Waals surface area contributed by atoms with Crippen LogP contribution < -0.4 is 9.47 Å². The molecule has 0 saturated heterocycles. The number of methoxy groups -OCH3 is 1. The summed E-state index contributed by atoms with van der Waals surface area (Å²) >= 11 is 12.3. The molecular weight excluding hydrogens is 305 g/mol. The normalized spacial score (nSPS) is 10.2. The van der Waals surface area contributed by atoms with Crippen LogP contribution >= 0.6 is 23.2 Å². The Morgan fingerprint density at radius 1 is 1.40 bits per heavy atom. The van der Waals surface area contributed by atoms with E-state index in [1.165, 1.54) is 7.11 Å². The number of amides is 1. The second-order valence-corrected chi connectivity index (χ2v) is 4.86. The van der Waals surface area contributed by atoms with Crippen LogP contribution in [0.25, 0.3) is 0 Å². The molecule has 0 saturated carbocycles. The minimum Gasteiger partial charge on any atom is -0.493 e. The van der Waals surface area contributed by atoms with Gasteiger partial charge in [-0.25, -0.2) is 5.06 Å².